The van der Waals surface area contributed by atoms with Gasteiger partial charge in [0.2, 0.25) is 5.43 Å². The molecule has 0 amide bonds. The molecule has 8 heteroatoms. The van der Waals surface area contributed by atoms with E-state index in [2.05, 4.69) is 6.58 Å². The Bertz CT molecular complexity index is 978. The number of hydrogen-bond donors (Lipinski definition) is 2. The molecular weight excluding hydrogens is 383 g/mol. The highest BCUT2D eigenvalue weighted by Crippen LogP contribution is 2.50. The summed E-state index contributed by atoms with van der Waals surface area (Å²) in [5, 5.41) is 9.14. The van der Waals surface area contributed by atoms with Gasteiger partial charge in [-0.1, -0.05) is 6.58 Å². The van der Waals surface area contributed by atoms with Gasteiger partial charge in [0.25, 0.3) is 0 Å². The average molecular weight is 397 g/mol. The fourth-order valence-corrected chi connectivity index (χ4v) is 3.04. The smallest absolute Gasteiger partial charge is 0.341 e. The van der Waals surface area contributed by atoms with Crippen LogP contribution in [-0.4, -0.2) is 22.2 Å². The molecule has 1 aliphatic carbocycles. The lowest BCUT2D eigenvalue weighted by Gasteiger charge is -2.27. The van der Waals surface area contributed by atoms with Crippen LogP contribution in [0.3, 0.4) is 0 Å². The van der Waals surface area contributed by atoms with E-state index in [9.17, 15) is 19.1 Å². The van der Waals surface area contributed by atoms with Crippen molar-refractivity contribution >= 4 is 39.6 Å². The Labute approximate surface area is 146 Å². The molecular formula is C16H14BrFN2O4. The topological polar surface area (TPSA) is 94.6 Å². The Morgan fingerprint density at radius 1 is 1.46 bits per heavy atom. The van der Waals surface area contributed by atoms with Crippen LogP contribution < -0.4 is 15.9 Å². The van der Waals surface area contributed by atoms with Gasteiger partial charge in [-0.15, -0.1) is 17.0 Å². The number of halogens is 2. The number of ether oxygens (including phenoxy) is 1. The van der Waals surface area contributed by atoms with E-state index in [0.717, 1.165) is 6.07 Å². The zero-order valence-electron chi connectivity index (χ0n) is 12.5. The van der Waals surface area contributed by atoms with Gasteiger partial charge in [-0.05, 0) is 18.9 Å². The van der Waals surface area contributed by atoms with Gasteiger partial charge in [-0.2, -0.15) is 0 Å². The highest BCUT2D eigenvalue weighted by atomic mass is 79.9. The molecule has 0 saturated heterocycles. The van der Waals surface area contributed by atoms with Crippen molar-refractivity contribution in [2.45, 2.75) is 18.4 Å². The molecule has 2 aromatic rings. The minimum Gasteiger partial charge on any atom is -0.485 e. The normalized spacial score (nSPS) is 17.2. The standard InChI is InChI=1S/C16H13FN2O4.BrH/c1-7-6-23-14-11(16(18)2-3-16)10(17)4-8-12(14)19(7)5-9(13(8)20)15(21)22;/h4-5H,1-3,6,18H2,(H,21,22);1H. The highest BCUT2D eigenvalue weighted by molar-refractivity contribution is 8.93. The van der Waals surface area contributed by atoms with Crippen LogP contribution in [0.25, 0.3) is 16.6 Å². The van der Waals surface area contributed by atoms with E-state index in [4.69, 9.17) is 10.5 Å². The van der Waals surface area contributed by atoms with Crippen LogP contribution in [0.1, 0.15) is 28.8 Å². The van der Waals surface area contributed by atoms with Gasteiger partial charge in [-0.3, -0.25) is 4.79 Å². The Hall–Kier alpha value is -2.19. The molecule has 0 atom stereocenters. The number of carboxylic acids is 1. The van der Waals surface area contributed by atoms with E-state index in [-0.39, 0.29) is 40.3 Å². The number of benzene rings is 1. The van der Waals surface area contributed by atoms with Crippen molar-refractivity contribution < 1.29 is 19.0 Å². The number of nitrogens with zero attached hydrogens (tertiary/aromatic N) is 1. The number of carboxylic acid groups (broad SMARTS) is 1. The summed E-state index contributed by atoms with van der Waals surface area (Å²) in [4.78, 5) is 23.6. The predicted molar refractivity (Wildman–Crippen MR) is 91.4 cm³/mol. The average Bonchev–Trinajstić information content (AvgIpc) is 3.22. The Balaban J connectivity index is 0.00000169. The molecule has 2 heterocycles. The van der Waals surface area contributed by atoms with E-state index in [1.54, 1.807) is 0 Å². The van der Waals surface area contributed by atoms with E-state index in [1.165, 1.54) is 10.8 Å². The zero-order chi connectivity index (χ0) is 16.5. The largest absolute Gasteiger partial charge is 0.485 e. The number of hydrogen-bond acceptors (Lipinski definition) is 4. The first-order valence-corrected chi connectivity index (χ1v) is 7.09. The molecule has 0 bridgehead atoms. The van der Waals surface area contributed by atoms with E-state index < -0.39 is 28.3 Å². The summed E-state index contributed by atoms with van der Waals surface area (Å²) in [6.07, 6.45) is 2.47. The summed E-state index contributed by atoms with van der Waals surface area (Å²) in [5.41, 5.74) is 5.18. The summed E-state index contributed by atoms with van der Waals surface area (Å²) >= 11 is 0. The monoisotopic (exact) mass is 396 g/mol. The van der Waals surface area contributed by atoms with Crippen molar-refractivity contribution in [3.8, 4) is 5.75 Å². The number of rotatable bonds is 2. The fraction of sp³-hybridized carbons (Fsp3) is 0.250. The fourth-order valence-electron chi connectivity index (χ4n) is 3.04. The number of carbonyl (C=O) groups is 1. The highest BCUT2D eigenvalue weighted by Gasteiger charge is 2.46. The first-order chi connectivity index (χ1) is 10.8. The van der Waals surface area contributed by atoms with Crippen LogP contribution in [0.15, 0.2) is 23.6 Å². The molecule has 2 aliphatic rings. The second-order valence-electron chi connectivity index (χ2n) is 6.02. The second kappa shape index (κ2) is 5.15. The van der Waals surface area contributed by atoms with Gasteiger partial charge in [0.05, 0.1) is 22.2 Å². The molecule has 4 rings (SSSR count). The molecule has 24 heavy (non-hydrogen) atoms. The zero-order valence-corrected chi connectivity index (χ0v) is 14.2. The predicted octanol–water partition coefficient (Wildman–Crippen LogP) is 2.23. The van der Waals surface area contributed by atoms with E-state index in [0.29, 0.717) is 24.1 Å². The lowest BCUT2D eigenvalue weighted by Crippen LogP contribution is -2.27. The van der Waals surface area contributed by atoms with Crippen LogP contribution in [0.5, 0.6) is 5.75 Å². The summed E-state index contributed by atoms with van der Waals surface area (Å²) < 4.78 is 21.7. The molecule has 3 N–H and O–H groups in total. The van der Waals surface area contributed by atoms with Gasteiger partial charge in [0.15, 0.2) is 5.75 Å². The molecule has 0 radical (unpaired) electrons. The number of aromatic nitrogens is 1. The van der Waals surface area contributed by atoms with Crippen LogP contribution in [0.2, 0.25) is 0 Å². The molecule has 0 unspecified atom stereocenters. The molecule has 1 saturated carbocycles. The molecule has 1 aliphatic heterocycles. The maximum atomic E-state index is 14.6. The maximum absolute atomic E-state index is 14.6. The summed E-state index contributed by atoms with van der Waals surface area (Å²) in [5.74, 6) is -1.81. The Morgan fingerprint density at radius 2 is 2.12 bits per heavy atom. The first-order valence-electron chi connectivity index (χ1n) is 7.09. The van der Waals surface area contributed by atoms with Gasteiger partial charge < -0.3 is 20.1 Å². The van der Waals surface area contributed by atoms with Crippen molar-refractivity contribution in [3.05, 3.63) is 46.0 Å². The molecule has 126 valence electrons. The summed E-state index contributed by atoms with van der Waals surface area (Å²) in [6.45, 7) is 3.88. The van der Waals surface area contributed by atoms with Crippen molar-refractivity contribution in [3.63, 3.8) is 0 Å². The number of pyridine rings is 1. The van der Waals surface area contributed by atoms with Crippen molar-refractivity contribution in [1.82, 2.24) is 4.57 Å². The third-order valence-corrected chi connectivity index (χ3v) is 4.44. The van der Waals surface area contributed by atoms with Crippen molar-refractivity contribution in [2.75, 3.05) is 6.61 Å². The van der Waals surface area contributed by atoms with Crippen molar-refractivity contribution in [2.24, 2.45) is 5.73 Å². The molecule has 1 aromatic heterocycles. The minimum atomic E-state index is -1.37. The minimum absolute atomic E-state index is 0. The van der Waals surface area contributed by atoms with Crippen molar-refractivity contribution in [1.29, 1.82) is 0 Å². The second-order valence-corrected chi connectivity index (χ2v) is 6.02. The summed E-state index contributed by atoms with van der Waals surface area (Å²) in [7, 11) is 0. The number of nitrogens with two attached hydrogens (primary N) is 1. The van der Waals surface area contributed by atoms with Crippen LogP contribution >= 0.6 is 17.0 Å². The SMILES string of the molecule is Br.C=C1COc2c(C3(N)CC3)c(F)cc3c(=O)c(C(=O)O)cn1c23. The van der Waals surface area contributed by atoms with Crippen LogP contribution in [-0.2, 0) is 5.54 Å². The maximum Gasteiger partial charge on any atom is 0.341 e. The Morgan fingerprint density at radius 3 is 2.71 bits per heavy atom. The van der Waals surface area contributed by atoms with E-state index in [1.807, 2.05) is 0 Å². The van der Waals surface area contributed by atoms with E-state index >= 15 is 0 Å². The Kier molecular flexibility index (Phi) is 3.58. The van der Waals surface area contributed by atoms with Crippen LogP contribution in [0.4, 0.5) is 4.39 Å². The third kappa shape index (κ3) is 2.10. The van der Waals surface area contributed by atoms with Crippen LogP contribution in [0, 0.1) is 5.82 Å². The molecule has 6 nitrogen and oxygen atoms in total. The molecule has 1 aromatic carbocycles. The first kappa shape index (κ1) is 16.7. The third-order valence-electron chi connectivity index (χ3n) is 4.44. The van der Waals surface area contributed by atoms with Gasteiger partial charge in [0, 0.05) is 11.7 Å². The van der Waals surface area contributed by atoms with Gasteiger partial charge in [-0.25, -0.2) is 9.18 Å². The summed E-state index contributed by atoms with van der Waals surface area (Å²) in [6, 6.07) is 1.05. The van der Waals surface area contributed by atoms with Gasteiger partial charge >= 0.3 is 5.97 Å². The quantitative estimate of drug-likeness (QED) is 0.811. The van der Waals surface area contributed by atoms with Gasteiger partial charge in [0.1, 0.15) is 18.0 Å². The molecule has 1 fully saturated rings. The lowest BCUT2D eigenvalue weighted by molar-refractivity contribution is 0.0695. The lowest BCUT2D eigenvalue weighted by atomic mass is 9.98. The number of aromatic carboxylic acids is 1. The molecule has 0 spiro atoms.